The molecule has 1 aromatic heterocycles. The number of hydrogen-bond donors (Lipinski definition) is 2. The summed E-state index contributed by atoms with van der Waals surface area (Å²) >= 11 is 0. The third-order valence-electron chi connectivity index (χ3n) is 3.86. The Labute approximate surface area is 94.0 Å². The fourth-order valence-electron chi connectivity index (χ4n) is 3.02. The Bertz CT molecular complexity index is 449. The van der Waals surface area contributed by atoms with E-state index < -0.39 is 0 Å². The summed E-state index contributed by atoms with van der Waals surface area (Å²) in [5, 5.41) is 0. The lowest BCUT2D eigenvalue weighted by Crippen LogP contribution is -2.30. The average molecular weight is 217 g/mol. The van der Waals surface area contributed by atoms with E-state index in [1.54, 1.807) is 0 Å². The topological polar surface area (TPSA) is 90.7 Å². The van der Waals surface area contributed by atoms with Gasteiger partial charge in [0.25, 0.3) is 0 Å². The van der Waals surface area contributed by atoms with Gasteiger partial charge < -0.3 is 11.5 Å². The number of aromatic nitrogens is 3. The van der Waals surface area contributed by atoms with E-state index in [0.29, 0.717) is 11.8 Å². The molecule has 0 radical (unpaired) electrons. The van der Waals surface area contributed by atoms with Crippen LogP contribution < -0.4 is 11.5 Å². The lowest BCUT2D eigenvalue weighted by Gasteiger charge is -2.29. The molecule has 2 aliphatic rings. The summed E-state index contributed by atoms with van der Waals surface area (Å²) in [7, 11) is 0. The molecule has 0 saturated heterocycles. The molecule has 1 saturated carbocycles. The number of rotatable bonds is 1. The van der Waals surface area contributed by atoms with Gasteiger partial charge in [0.1, 0.15) is 5.82 Å². The van der Waals surface area contributed by atoms with Crippen LogP contribution in [0.2, 0.25) is 0 Å². The standard InChI is InChI=1S/C11H15N5/c1-11(5-6-2-3-7(11)4-6)8-14-9(12)16-10(13)15-8/h2-3,6-7H,4-5H2,1H3,(H4,12,13,14,15,16). The molecule has 16 heavy (non-hydrogen) atoms. The molecule has 5 nitrogen and oxygen atoms in total. The molecule has 1 heterocycles. The van der Waals surface area contributed by atoms with Crippen LogP contribution in [0.1, 0.15) is 25.6 Å². The van der Waals surface area contributed by atoms with Crippen LogP contribution in [0.5, 0.6) is 0 Å². The highest BCUT2D eigenvalue weighted by Gasteiger charge is 2.48. The molecule has 0 aliphatic heterocycles. The highest BCUT2D eigenvalue weighted by atomic mass is 15.1. The van der Waals surface area contributed by atoms with Crippen molar-refractivity contribution in [3.8, 4) is 0 Å². The first-order chi connectivity index (χ1) is 7.58. The van der Waals surface area contributed by atoms with Gasteiger partial charge >= 0.3 is 0 Å². The van der Waals surface area contributed by atoms with E-state index in [9.17, 15) is 0 Å². The fraction of sp³-hybridized carbons (Fsp3) is 0.545. The van der Waals surface area contributed by atoms with Crippen LogP contribution in [0, 0.1) is 11.8 Å². The van der Waals surface area contributed by atoms with Gasteiger partial charge in [-0.3, -0.25) is 0 Å². The van der Waals surface area contributed by atoms with Gasteiger partial charge in [-0.2, -0.15) is 15.0 Å². The summed E-state index contributed by atoms with van der Waals surface area (Å²) in [6.07, 6.45) is 6.84. The summed E-state index contributed by atoms with van der Waals surface area (Å²) in [4.78, 5) is 12.3. The van der Waals surface area contributed by atoms with E-state index in [1.807, 2.05) is 0 Å². The molecular formula is C11H15N5. The number of nitrogens with zero attached hydrogens (tertiary/aromatic N) is 3. The second kappa shape index (κ2) is 2.93. The first-order valence-electron chi connectivity index (χ1n) is 5.54. The maximum atomic E-state index is 5.62. The number of hydrogen-bond acceptors (Lipinski definition) is 5. The molecule has 0 amide bonds. The number of nitrogens with two attached hydrogens (primary N) is 2. The lowest BCUT2D eigenvalue weighted by atomic mass is 9.77. The molecule has 2 aliphatic carbocycles. The quantitative estimate of drug-likeness (QED) is 0.682. The molecule has 84 valence electrons. The maximum Gasteiger partial charge on any atom is 0.225 e. The van der Waals surface area contributed by atoms with Gasteiger partial charge in [0.15, 0.2) is 0 Å². The smallest absolute Gasteiger partial charge is 0.225 e. The van der Waals surface area contributed by atoms with Gasteiger partial charge in [0, 0.05) is 5.41 Å². The second-order valence-electron chi connectivity index (χ2n) is 4.98. The predicted molar refractivity (Wildman–Crippen MR) is 61.4 cm³/mol. The van der Waals surface area contributed by atoms with Crippen molar-refractivity contribution in [3.63, 3.8) is 0 Å². The minimum Gasteiger partial charge on any atom is -0.368 e. The summed E-state index contributed by atoms with van der Waals surface area (Å²) < 4.78 is 0. The third kappa shape index (κ3) is 1.20. The van der Waals surface area contributed by atoms with Gasteiger partial charge in [-0.1, -0.05) is 19.1 Å². The monoisotopic (exact) mass is 217 g/mol. The molecule has 0 aromatic carbocycles. The molecule has 3 atom stereocenters. The van der Waals surface area contributed by atoms with E-state index in [4.69, 9.17) is 11.5 Å². The van der Waals surface area contributed by atoms with E-state index in [-0.39, 0.29) is 17.3 Å². The van der Waals surface area contributed by atoms with Crippen LogP contribution in [-0.2, 0) is 5.41 Å². The Hall–Kier alpha value is -1.65. The molecule has 0 spiro atoms. The molecule has 1 fully saturated rings. The molecule has 4 N–H and O–H groups in total. The summed E-state index contributed by atoms with van der Waals surface area (Å²) in [5.41, 5.74) is 11.2. The number of fused-ring (bicyclic) bond motifs is 2. The van der Waals surface area contributed by atoms with Crippen molar-refractivity contribution in [1.29, 1.82) is 0 Å². The third-order valence-corrected chi connectivity index (χ3v) is 3.86. The predicted octanol–water partition coefficient (Wildman–Crippen LogP) is 0.890. The van der Waals surface area contributed by atoms with Crippen molar-refractivity contribution in [1.82, 2.24) is 15.0 Å². The van der Waals surface area contributed by atoms with Gasteiger partial charge in [-0.15, -0.1) is 0 Å². The second-order valence-corrected chi connectivity index (χ2v) is 4.98. The molecule has 1 aromatic rings. The zero-order valence-electron chi connectivity index (χ0n) is 9.22. The first kappa shape index (κ1) is 9.57. The van der Waals surface area contributed by atoms with E-state index >= 15 is 0 Å². The highest BCUT2D eigenvalue weighted by Crippen LogP contribution is 2.52. The van der Waals surface area contributed by atoms with Crippen molar-refractivity contribution >= 4 is 11.9 Å². The van der Waals surface area contributed by atoms with Crippen LogP contribution in [0.4, 0.5) is 11.9 Å². The van der Waals surface area contributed by atoms with Crippen LogP contribution in [0.25, 0.3) is 0 Å². The van der Waals surface area contributed by atoms with E-state index in [2.05, 4.69) is 34.0 Å². The molecule has 2 bridgehead atoms. The molecule has 5 heteroatoms. The van der Waals surface area contributed by atoms with Crippen molar-refractivity contribution in [3.05, 3.63) is 18.0 Å². The van der Waals surface area contributed by atoms with Crippen LogP contribution in [0.15, 0.2) is 12.2 Å². The van der Waals surface area contributed by atoms with Crippen molar-refractivity contribution in [2.45, 2.75) is 25.2 Å². The van der Waals surface area contributed by atoms with Crippen molar-refractivity contribution in [2.75, 3.05) is 11.5 Å². The Morgan fingerprint density at radius 3 is 2.38 bits per heavy atom. The van der Waals surface area contributed by atoms with Crippen LogP contribution in [0.3, 0.4) is 0 Å². The Morgan fingerprint density at radius 1 is 1.19 bits per heavy atom. The highest BCUT2D eigenvalue weighted by molar-refractivity contribution is 5.32. The van der Waals surface area contributed by atoms with Gasteiger partial charge in [0.05, 0.1) is 0 Å². The average Bonchev–Trinajstić information content (AvgIpc) is 2.76. The lowest BCUT2D eigenvalue weighted by molar-refractivity contribution is 0.372. The van der Waals surface area contributed by atoms with Crippen LogP contribution >= 0.6 is 0 Å². The zero-order chi connectivity index (χ0) is 11.3. The van der Waals surface area contributed by atoms with Gasteiger partial charge in [-0.05, 0) is 24.7 Å². The van der Waals surface area contributed by atoms with Crippen LogP contribution in [-0.4, -0.2) is 15.0 Å². The summed E-state index contributed by atoms with van der Waals surface area (Å²) in [6.45, 7) is 2.19. The molecular weight excluding hydrogens is 202 g/mol. The van der Waals surface area contributed by atoms with Crippen molar-refractivity contribution in [2.24, 2.45) is 11.8 Å². The van der Waals surface area contributed by atoms with E-state index in [0.717, 1.165) is 12.2 Å². The SMILES string of the molecule is CC1(c2nc(N)nc(N)n2)CC2C=CC1C2. The largest absolute Gasteiger partial charge is 0.368 e. The fourth-order valence-corrected chi connectivity index (χ4v) is 3.02. The van der Waals surface area contributed by atoms with Gasteiger partial charge in [-0.25, -0.2) is 0 Å². The minimum atomic E-state index is -0.0232. The zero-order valence-corrected chi connectivity index (χ0v) is 9.22. The summed E-state index contributed by atoms with van der Waals surface area (Å²) in [5.74, 6) is 2.35. The number of allylic oxidation sites excluding steroid dienone is 2. The van der Waals surface area contributed by atoms with Gasteiger partial charge in [0.2, 0.25) is 11.9 Å². The van der Waals surface area contributed by atoms with E-state index in [1.165, 1.54) is 6.42 Å². The molecule has 3 rings (SSSR count). The Kier molecular flexibility index (Phi) is 1.75. The normalized spacial score (nSPS) is 35.8. The minimum absolute atomic E-state index is 0.0232. The number of nitrogen functional groups attached to an aromatic ring is 2. The first-order valence-corrected chi connectivity index (χ1v) is 5.54. The van der Waals surface area contributed by atoms with Crippen molar-refractivity contribution < 1.29 is 0 Å². The Balaban J connectivity index is 2.06. The number of anilines is 2. The Morgan fingerprint density at radius 2 is 1.88 bits per heavy atom. The molecule has 3 unspecified atom stereocenters. The maximum absolute atomic E-state index is 5.62. The summed E-state index contributed by atoms with van der Waals surface area (Å²) in [6, 6.07) is 0.